The number of nitrogens with one attached hydrogen (secondary N) is 1. The molecule has 144 valence electrons. The molecule has 27 heavy (non-hydrogen) atoms. The van der Waals surface area contributed by atoms with Crippen LogP contribution >= 0.6 is 0 Å². The molecular weight excluding hydrogens is 378 g/mol. The molecule has 0 saturated carbocycles. The maximum absolute atomic E-state index is 13.6. The number of carbonyl (C=O) groups is 1. The van der Waals surface area contributed by atoms with Crippen molar-refractivity contribution in [3.05, 3.63) is 47.9 Å². The van der Waals surface area contributed by atoms with E-state index in [1.807, 2.05) is 11.8 Å². The molecule has 1 N–H and O–H groups in total. The summed E-state index contributed by atoms with van der Waals surface area (Å²) in [4.78, 5) is 22.2. The molecule has 1 unspecified atom stereocenters. The Morgan fingerprint density at radius 2 is 2.07 bits per heavy atom. The van der Waals surface area contributed by atoms with Crippen LogP contribution in [0.2, 0.25) is 0 Å². The maximum atomic E-state index is 13.6. The molecule has 0 bridgehead atoms. The first kappa shape index (κ1) is 19.2. The van der Waals surface area contributed by atoms with Crippen LogP contribution in [0.4, 0.5) is 20.3 Å². The minimum absolute atomic E-state index is 0.0439. The minimum atomic E-state index is -3.04. The first-order chi connectivity index (χ1) is 12.8. The van der Waals surface area contributed by atoms with Crippen molar-refractivity contribution >= 4 is 27.2 Å². The van der Waals surface area contributed by atoms with Crippen LogP contribution in [-0.4, -0.2) is 48.4 Å². The number of nitrogens with zero attached hydrogens (tertiary/aromatic N) is 3. The highest BCUT2D eigenvalue weighted by atomic mass is 32.2. The van der Waals surface area contributed by atoms with Crippen molar-refractivity contribution in [2.45, 2.75) is 19.4 Å². The van der Waals surface area contributed by atoms with Crippen molar-refractivity contribution in [3.63, 3.8) is 0 Å². The van der Waals surface area contributed by atoms with Crippen LogP contribution in [0.3, 0.4) is 0 Å². The zero-order valence-electron chi connectivity index (χ0n) is 14.5. The van der Waals surface area contributed by atoms with Gasteiger partial charge < -0.3 is 10.2 Å². The third-order valence-electron chi connectivity index (χ3n) is 4.33. The van der Waals surface area contributed by atoms with Gasteiger partial charge >= 0.3 is 0 Å². The molecule has 1 saturated heterocycles. The van der Waals surface area contributed by atoms with Gasteiger partial charge in [0.15, 0.2) is 9.84 Å². The number of aromatic nitrogens is 2. The lowest BCUT2D eigenvalue weighted by atomic mass is 10.2. The van der Waals surface area contributed by atoms with Crippen LogP contribution < -0.4 is 10.2 Å². The zero-order chi connectivity index (χ0) is 19.6. The van der Waals surface area contributed by atoms with Crippen molar-refractivity contribution in [3.8, 4) is 0 Å². The van der Waals surface area contributed by atoms with Gasteiger partial charge in [-0.3, -0.25) is 4.79 Å². The lowest BCUT2D eigenvalue weighted by Gasteiger charge is -2.27. The number of rotatable bonds is 5. The van der Waals surface area contributed by atoms with Crippen LogP contribution in [0.15, 0.2) is 30.6 Å². The second-order valence-corrected chi connectivity index (χ2v) is 8.41. The lowest BCUT2D eigenvalue weighted by Crippen LogP contribution is -2.36. The molecule has 2 heterocycles. The molecule has 1 aromatic heterocycles. The summed E-state index contributed by atoms with van der Waals surface area (Å²) in [5, 5.41) is 2.31. The van der Waals surface area contributed by atoms with Gasteiger partial charge in [0.1, 0.15) is 23.1 Å². The molecule has 7 nitrogen and oxygen atoms in total. The Balaban J connectivity index is 1.73. The van der Waals surface area contributed by atoms with Gasteiger partial charge in [-0.2, -0.15) is 0 Å². The molecule has 1 aliphatic rings. The number of hydrogen-bond acceptors (Lipinski definition) is 6. The van der Waals surface area contributed by atoms with Crippen molar-refractivity contribution in [1.29, 1.82) is 0 Å². The highest BCUT2D eigenvalue weighted by Gasteiger charge is 2.32. The molecule has 2 aromatic rings. The molecule has 0 spiro atoms. The standard InChI is InChI=1S/C17H18F2N4O3S/c1-2-23(12-5-6-27(25,26)10-12)16-9-20-15(8-21-16)17(24)22-14-4-3-11(18)7-13(14)19/h3-4,7-9,12H,2,5-6,10H2,1H3,(H,22,24). The average Bonchev–Trinajstić information content (AvgIpc) is 2.98. The number of carbonyl (C=O) groups excluding carboxylic acids is 1. The summed E-state index contributed by atoms with van der Waals surface area (Å²) in [5.41, 5.74) is -0.212. The molecule has 3 rings (SSSR count). The molecule has 1 aliphatic heterocycles. The van der Waals surface area contributed by atoms with E-state index in [9.17, 15) is 22.0 Å². The molecule has 10 heteroatoms. The van der Waals surface area contributed by atoms with E-state index < -0.39 is 27.4 Å². The molecule has 1 fully saturated rings. The van der Waals surface area contributed by atoms with Crippen LogP contribution in [0.25, 0.3) is 0 Å². The summed E-state index contributed by atoms with van der Waals surface area (Å²) in [6.45, 7) is 2.42. The monoisotopic (exact) mass is 396 g/mol. The number of benzene rings is 1. The number of sulfone groups is 1. The summed E-state index contributed by atoms with van der Waals surface area (Å²) in [7, 11) is -3.04. The predicted molar refractivity (Wildman–Crippen MR) is 96.4 cm³/mol. The van der Waals surface area contributed by atoms with Crippen LogP contribution in [0.1, 0.15) is 23.8 Å². The lowest BCUT2D eigenvalue weighted by molar-refractivity contribution is 0.102. The fourth-order valence-corrected chi connectivity index (χ4v) is 4.72. The van der Waals surface area contributed by atoms with E-state index in [-0.39, 0.29) is 28.9 Å². The maximum Gasteiger partial charge on any atom is 0.275 e. The fourth-order valence-electron chi connectivity index (χ4n) is 2.99. The van der Waals surface area contributed by atoms with Gasteiger partial charge in [-0.05, 0) is 25.5 Å². The Morgan fingerprint density at radius 3 is 2.63 bits per heavy atom. The highest BCUT2D eigenvalue weighted by Crippen LogP contribution is 2.22. The van der Waals surface area contributed by atoms with E-state index in [2.05, 4.69) is 15.3 Å². The Kier molecular flexibility index (Phi) is 5.36. The summed E-state index contributed by atoms with van der Waals surface area (Å²) in [5.74, 6) is -1.66. The average molecular weight is 396 g/mol. The van der Waals surface area contributed by atoms with Gasteiger partial charge in [-0.15, -0.1) is 0 Å². The van der Waals surface area contributed by atoms with Crippen LogP contribution in [0.5, 0.6) is 0 Å². The molecule has 1 atom stereocenters. The van der Waals surface area contributed by atoms with Gasteiger partial charge in [0.25, 0.3) is 5.91 Å². The molecular formula is C17H18F2N4O3S. The van der Waals surface area contributed by atoms with Gasteiger partial charge in [0, 0.05) is 18.7 Å². The number of hydrogen-bond donors (Lipinski definition) is 1. The second kappa shape index (κ2) is 7.55. The molecule has 1 amide bonds. The van der Waals surface area contributed by atoms with Crippen molar-refractivity contribution in [2.75, 3.05) is 28.3 Å². The van der Waals surface area contributed by atoms with Crippen LogP contribution in [-0.2, 0) is 9.84 Å². The van der Waals surface area contributed by atoms with E-state index >= 15 is 0 Å². The van der Waals surface area contributed by atoms with Crippen LogP contribution in [0, 0.1) is 11.6 Å². The van der Waals surface area contributed by atoms with Gasteiger partial charge in [-0.25, -0.2) is 27.2 Å². The van der Waals surface area contributed by atoms with Crippen molar-refractivity contribution in [1.82, 2.24) is 9.97 Å². The van der Waals surface area contributed by atoms with Gasteiger partial charge in [0.05, 0.1) is 29.6 Å². The summed E-state index contributed by atoms with van der Waals surface area (Å²) in [6, 6.07) is 2.63. The van der Waals surface area contributed by atoms with Gasteiger partial charge in [-0.1, -0.05) is 0 Å². The molecule has 0 radical (unpaired) electrons. The third-order valence-corrected chi connectivity index (χ3v) is 6.08. The number of halogens is 2. The first-order valence-electron chi connectivity index (χ1n) is 8.34. The summed E-state index contributed by atoms with van der Waals surface area (Å²) < 4.78 is 49.9. The molecule has 0 aliphatic carbocycles. The van der Waals surface area contributed by atoms with E-state index in [0.717, 1.165) is 12.1 Å². The number of amides is 1. The quantitative estimate of drug-likeness (QED) is 0.831. The van der Waals surface area contributed by atoms with Crippen molar-refractivity contribution in [2.24, 2.45) is 0 Å². The Morgan fingerprint density at radius 1 is 1.30 bits per heavy atom. The highest BCUT2D eigenvalue weighted by molar-refractivity contribution is 7.91. The summed E-state index contributed by atoms with van der Waals surface area (Å²) in [6.07, 6.45) is 3.13. The fraction of sp³-hybridized carbons (Fsp3) is 0.353. The topological polar surface area (TPSA) is 92.3 Å². The predicted octanol–water partition coefficient (Wildman–Crippen LogP) is 2.02. The van der Waals surface area contributed by atoms with E-state index in [0.29, 0.717) is 24.8 Å². The Bertz CT molecular complexity index is 951. The molecule has 1 aromatic carbocycles. The normalized spacial score (nSPS) is 18.3. The first-order valence-corrected chi connectivity index (χ1v) is 10.2. The SMILES string of the molecule is CCN(c1cnc(C(=O)Nc2ccc(F)cc2F)cn1)C1CCS(=O)(=O)C1. The smallest absolute Gasteiger partial charge is 0.275 e. The largest absolute Gasteiger partial charge is 0.352 e. The summed E-state index contributed by atoms with van der Waals surface area (Å²) >= 11 is 0. The van der Waals surface area contributed by atoms with E-state index in [4.69, 9.17) is 0 Å². The Labute approximate surface area is 155 Å². The van der Waals surface area contributed by atoms with E-state index in [1.165, 1.54) is 12.4 Å². The Hall–Kier alpha value is -2.62. The van der Waals surface area contributed by atoms with E-state index in [1.54, 1.807) is 0 Å². The number of anilines is 2. The third kappa shape index (κ3) is 4.38. The zero-order valence-corrected chi connectivity index (χ0v) is 15.3. The van der Waals surface area contributed by atoms with Gasteiger partial charge in [0.2, 0.25) is 0 Å². The second-order valence-electron chi connectivity index (χ2n) is 6.18. The van der Waals surface area contributed by atoms with Crippen molar-refractivity contribution < 1.29 is 22.0 Å². The minimum Gasteiger partial charge on any atom is -0.352 e.